The normalized spacial score (nSPS) is 23.7. The third-order valence-electron chi connectivity index (χ3n) is 2.14. The highest BCUT2D eigenvalue weighted by atomic mass is 32.3. The van der Waals surface area contributed by atoms with Gasteiger partial charge in [-0.2, -0.15) is 8.42 Å². The summed E-state index contributed by atoms with van der Waals surface area (Å²) in [5, 5.41) is -0.260. The molecule has 2 aliphatic rings. The Morgan fingerprint density at radius 3 is 2.82 bits per heavy atom. The smallest absolute Gasteiger partial charge is 0.319 e. The lowest BCUT2D eigenvalue weighted by molar-refractivity contribution is -0.144. The number of fused-ring (bicyclic) bond motifs is 1. The van der Waals surface area contributed by atoms with Crippen molar-refractivity contribution < 1.29 is 26.7 Å². The van der Waals surface area contributed by atoms with Crippen LogP contribution in [0.25, 0.3) is 0 Å². The molecule has 17 heavy (non-hydrogen) atoms. The van der Waals surface area contributed by atoms with Crippen LogP contribution in [0.15, 0.2) is 23.3 Å². The zero-order chi connectivity index (χ0) is 12.8. The summed E-state index contributed by atoms with van der Waals surface area (Å²) >= 11 is 1.29. The van der Waals surface area contributed by atoms with Crippen LogP contribution in [0.1, 0.15) is 6.42 Å². The van der Waals surface area contributed by atoms with E-state index in [-0.39, 0.29) is 23.4 Å². The molecule has 92 valence electrons. The van der Waals surface area contributed by atoms with Crippen LogP contribution in [0.4, 0.5) is 0 Å². The van der Waals surface area contributed by atoms with Crippen LogP contribution in [0.3, 0.4) is 0 Å². The van der Waals surface area contributed by atoms with E-state index in [4.69, 9.17) is 4.55 Å². The molecule has 0 radical (unpaired) electrons. The molecule has 1 atom stereocenters. The second kappa shape index (κ2) is 3.86. The number of hydrogen-bond acceptors (Lipinski definition) is 6. The van der Waals surface area contributed by atoms with Gasteiger partial charge in [0.05, 0.1) is 11.8 Å². The minimum absolute atomic E-state index is 0.229. The zero-order valence-electron chi connectivity index (χ0n) is 8.32. The van der Waals surface area contributed by atoms with E-state index in [2.05, 4.69) is 10.8 Å². The number of hydrogen-bond donors (Lipinski definition) is 1. The van der Waals surface area contributed by atoms with Crippen molar-refractivity contribution in [1.82, 2.24) is 4.90 Å². The molecule has 1 unspecified atom stereocenters. The standard InChI is InChI=1S/C8H7NO6S2/c1-4-2-5(8(11)15-17(12,13)14)9-6(10)3-7(9)16-4/h2,7H,1,3H2,(H,12,13,14). The fraction of sp³-hybridized carbons (Fsp3) is 0.250. The topological polar surface area (TPSA) is 101 Å². The Balaban J connectivity index is 2.27. The first kappa shape index (κ1) is 12.1. The Labute approximate surface area is 101 Å². The molecule has 1 fully saturated rings. The second-order valence-electron chi connectivity index (χ2n) is 3.33. The monoisotopic (exact) mass is 277 g/mol. The minimum atomic E-state index is -4.89. The number of amides is 1. The molecule has 1 amide bonds. The van der Waals surface area contributed by atoms with Crippen molar-refractivity contribution in [2.45, 2.75) is 11.8 Å². The number of allylic oxidation sites excluding steroid dienone is 1. The van der Waals surface area contributed by atoms with E-state index in [9.17, 15) is 18.0 Å². The first-order chi connectivity index (χ1) is 7.78. The van der Waals surface area contributed by atoms with E-state index in [0.717, 1.165) is 4.90 Å². The van der Waals surface area contributed by atoms with Gasteiger partial charge >= 0.3 is 16.4 Å². The minimum Gasteiger partial charge on any atom is -0.319 e. The van der Waals surface area contributed by atoms with Crippen molar-refractivity contribution in [3.05, 3.63) is 23.3 Å². The molecule has 2 rings (SSSR count). The lowest BCUT2D eigenvalue weighted by Gasteiger charge is -2.42. The number of β-lactam (4-membered cyclic amide) rings is 1. The molecule has 0 aromatic rings. The van der Waals surface area contributed by atoms with E-state index < -0.39 is 16.4 Å². The SMILES string of the molecule is C=C1C=C(C(=O)OS(=O)(=O)O)N2C(=O)CC2S1. The van der Waals surface area contributed by atoms with Gasteiger partial charge in [0.25, 0.3) is 0 Å². The number of rotatable bonds is 2. The third kappa shape index (κ3) is 2.35. The second-order valence-corrected chi connectivity index (χ2v) is 5.66. The van der Waals surface area contributed by atoms with Crippen LogP contribution in [0, 0.1) is 0 Å². The van der Waals surface area contributed by atoms with E-state index >= 15 is 0 Å². The Morgan fingerprint density at radius 2 is 2.29 bits per heavy atom. The molecular formula is C8H7NO6S2. The first-order valence-electron chi connectivity index (χ1n) is 4.38. The average Bonchev–Trinajstić information content (AvgIpc) is 2.12. The van der Waals surface area contributed by atoms with Gasteiger partial charge in [-0.25, -0.2) is 4.79 Å². The quantitative estimate of drug-likeness (QED) is 0.561. The zero-order valence-corrected chi connectivity index (χ0v) is 9.95. The van der Waals surface area contributed by atoms with E-state index in [1.165, 1.54) is 17.8 Å². The van der Waals surface area contributed by atoms with Crippen LogP contribution in [0.5, 0.6) is 0 Å². The van der Waals surface area contributed by atoms with Crippen molar-refractivity contribution in [1.29, 1.82) is 0 Å². The first-order valence-corrected chi connectivity index (χ1v) is 6.63. The molecule has 0 aromatic heterocycles. The Kier molecular flexibility index (Phi) is 2.76. The molecule has 0 saturated carbocycles. The van der Waals surface area contributed by atoms with E-state index in [0.29, 0.717) is 4.91 Å². The molecule has 1 saturated heterocycles. The summed E-state index contributed by atoms with van der Waals surface area (Å²) in [4.78, 5) is 24.3. The van der Waals surface area contributed by atoms with E-state index in [1.807, 2.05) is 0 Å². The number of carbonyl (C=O) groups excluding carboxylic acids is 2. The Bertz CT molecular complexity index is 548. The van der Waals surface area contributed by atoms with Gasteiger partial charge in [-0.1, -0.05) is 6.58 Å². The molecule has 0 bridgehead atoms. The molecule has 1 N–H and O–H groups in total. The molecule has 0 aliphatic carbocycles. The predicted molar refractivity (Wildman–Crippen MR) is 57.7 cm³/mol. The fourth-order valence-electron chi connectivity index (χ4n) is 1.50. The Morgan fingerprint density at radius 1 is 1.65 bits per heavy atom. The average molecular weight is 277 g/mol. The van der Waals surface area contributed by atoms with Crippen LogP contribution in [-0.4, -0.2) is 35.1 Å². The molecule has 2 heterocycles. The van der Waals surface area contributed by atoms with Crippen molar-refractivity contribution in [2.75, 3.05) is 0 Å². The highest BCUT2D eigenvalue weighted by molar-refractivity contribution is 8.04. The van der Waals surface area contributed by atoms with Crippen LogP contribution >= 0.6 is 11.8 Å². The summed E-state index contributed by atoms with van der Waals surface area (Å²) in [5.74, 6) is -1.61. The molecule has 2 aliphatic heterocycles. The molecular weight excluding hydrogens is 270 g/mol. The van der Waals surface area contributed by atoms with E-state index in [1.54, 1.807) is 0 Å². The summed E-state index contributed by atoms with van der Waals surface area (Å²) in [7, 11) is -4.89. The van der Waals surface area contributed by atoms with Gasteiger partial charge < -0.3 is 4.18 Å². The van der Waals surface area contributed by atoms with Gasteiger partial charge in [0.2, 0.25) is 5.91 Å². The highest BCUT2D eigenvalue weighted by Gasteiger charge is 2.45. The summed E-state index contributed by atoms with van der Waals surface area (Å²) in [6.07, 6.45) is 1.49. The van der Waals surface area contributed by atoms with Gasteiger partial charge in [-0.05, 0) is 6.08 Å². The fourth-order valence-corrected chi connectivity index (χ4v) is 2.87. The summed E-state index contributed by atoms with van der Waals surface area (Å²) in [5.41, 5.74) is -0.229. The van der Waals surface area contributed by atoms with Gasteiger partial charge in [-0.15, -0.1) is 11.8 Å². The molecule has 7 nitrogen and oxygen atoms in total. The number of nitrogens with zero attached hydrogens (tertiary/aromatic N) is 1. The third-order valence-corrected chi connectivity index (χ3v) is 3.57. The summed E-state index contributed by atoms with van der Waals surface area (Å²) in [6, 6.07) is 0. The molecule has 0 spiro atoms. The maximum Gasteiger partial charge on any atom is 0.449 e. The van der Waals surface area contributed by atoms with Crippen molar-refractivity contribution >= 4 is 34.0 Å². The summed E-state index contributed by atoms with van der Waals surface area (Å²) in [6.45, 7) is 3.62. The van der Waals surface area contributed by atoms with Gasteiger partial charge in [-0.3, -0.25) is 14.2 Å². The lowest BCUT2D eigenvalue weighted by Crippen LogP contribution is -2.53. The Hall–Kier alpha value is -1.32. The highest BCUT2D eigenvalue weighted by Crippen LogP contribution is 2.41. The molecule has 9 heteroatoms. The van der Waals surface area contributed by atoms with Crippen molar-refractivity contribution in [2.24, 2.45) is 0 Å². The van der Waals surface area contributed by atoms with Crippen molar-refractivity contribution in [3.8, 4) is 0 Å². The largest absolute Gasteiger partial charge is 0.449 e. The van der Waals surface area contributed by atoms with Crippen LogP contribution < -0.4 is 0 Å². The van der Waals surface area contributed by atoms with Gasteiger partial charge in [0.1, 0.15) is 5.70 Å². The van der Waals surface area contributed by atoms with Crippen molar-refractivity contribution in [3.63, 3.8) is 0 Å². The molecule has 0 aromatic carbocycles. The lowest BCUT2D eigenvalue weighted by atomic mass is 10.1. The number of thioether (sulfide) groups is 1. The van der Waals surface area contributed by atoms with Gasteiger partial charge in [0.15, 0.2) is 0 Å². The van der Waals surface area contributed by atoms with Crippen LogP contribution in [-0.2, 0) is 24.2 Å². The van der Waals surface area contributed by atoms with Crippen LogP contribution in [0.2, 0.25) is 0 Å². The summed E-state index contributed by atoms with van der Waals surface area (Å²) < 4.78 is 33.0. The number of carbonyl (C=O) groups is 2. The predicted octanol–water partition coefficient (Wildman–Crippen LogP) is 0.0352. The maximum absolute atomic E-state index is 11.4. The van der Waals surface area contributed by atoms with Gasteiger partial charge in [0, 0.05) is 4.91 Å². The maximum atomic E-state index is 11.4.